The van der Waals surface area contributed by atoms with Crippen LogP contribution in [-0.4, -0.2) is 20.9 Å². The van der Waals surface area contributed by atoms with Crippen molar-refractivity contribution >= 4 is 34.2 Å². The van der Waals surface area contributed by atoms with E-state index in [1.54, 1.807) is 16.9 Å². The highest BCUT2D eigenvalue weighted by Gasteiger charge is 2.13. The second-order valence-corrected chi connectivity index (χ2v) is 8.22. The highest BCUT2D eigenvalue weighted by Crippen LogP contribution is 2.24. The number of hydrogen-bond donors (Lipinski definition) is 1. The average Bonchev–Trinajstić information content (AvgIpc) is 3.13. The van der Waals surface area contributed by atoms with Gasteiger partial charge in [0.15, 0.2) is 0 Å². The van der Waals surface area contributed by atoms with E-state index in [2.05, 4.69) is 41.5 Å². The summed E-state index contributed by atoms with van der Waals surface area (Å²) in [6.45, 7) is 8.17. The van der Waals surface area contributed by atoms with Crippen LogP contribution in [0.3, 0.4) is 0 Å². The van der Waals surface area contributed by atoms with Crippen molar-refractivity contribution in [3.05, 3.63) is 81.9 Å². The molecule has 0 fully saturated rings. The number of nitrogens with zero attached hydrogens (tertiary/aromatic N) is 3. The summed E-state index contributed by atoms with van der Waals surface area (Å²) in [5, 5.41) is 12.7. The predicted molar refractivity (Wildman–Crippen MR) is 122 cm³/mol. The molecule has 1 N–H and O–H groups in total. The predicted octanol–water partition coefficient (Wildman–Crippen LogP) is 6.07. The standard InChI is InChI=1S/C24H23ClN4O/c1-14(2)17-7-9-19(10-8-17)29-27-22-11-16(4)21(13-23(22)28-29)26-24(30)18-6-5-15(3)20(25)12-18/h5-14H,1-4H3,(H,26,30). The summed E-state index contributed by atoms with van der Waals surface area (Å²) in [4.78, 5) is 14.3. The van der Waals surface area contributed by atoms with Crippen molar-refractivity contribution in [1.82, 2.24) is 15.0 Å². The number of fused-ring (bicyclic) bond motifs is 1. The summed E-state index contributed by atoms with van der Waals surface area (Å²) in [7, 11) is 0. The minimum Gasteiger partial charge on any atom is -0.322 e. The van der Waals surface area contributed by atoms with Gasteiger partial charge in [0.2, 0.25) is 0 Å². The lowest BCUT2D eigenvalue weighted by molar-refractivity contribution is 0.102. The Morgan fingerprint density at radius 1 is 0.933 bits per heavy atom. The fraction of sp³-hybridized carbons (Fsp3) is 0.208. The largest absolute Gasteiger partial charge is 0.322 e. The van der Waals surface area contributed by atoms with Gasteiger partial charge in [-0.2, -0.15) is 4.80 Å². The third-order valence-electron chi connectivity index (χ3n) is 5.20. The van der Waals surface area contributed by atoms with Crippen LogP contribution < -0.4 is 5.32 Å². The highest BCUT2D eigenvalue weighted by molar-refractivity contribution is 6.31. The van der Waals surface area contributed by atoms with Gasteiger partial charge in [0.05, 0.1) is 5.69 Å². The minimum atomic E-state index is -0.212. The molecule has 0 aliphatic rings. The molecule has 1 aromatic heterocycles. The van der Waals surface area contributed by atoms with E-state index in [-0.39, 0.29) is 5.91 Å². The first kappa shape index (κ1) is 20.1. The van der Waals surface area contributed by atoms with Gasteiger partial charge in [-0.3, -0.25) is 4.79 Å². The van der Waals surface area contributed by atoms with E-state index in [1.165, 1.54) is 5.56 Å². The molecule has 4 aromatic rings. The zero-order chi connectivity index (χ0) is 21.4. The van der Waals surface area contributed by atoms with Crippen LogP contribution in [0.5, 0.6) is 0 Å². The molecule has 30 heavy (non-hydrogen) atoms. The van der Waals surface area contributed by atoms with Crippen LogP contribution in [0, 0.1) is 13.8 Å². The molecule has 5 nitrogen and oxygen atoms in total. The number of halogens is 1. The van der Waals surface area contributed by atoms with Crippen LogP contribution >= 0.6 is 11.6 Å². The molecule has 0 saturated heterocycles. The lowest BCUT2D eigenvalue weighted by Crippen LogP contribution is -2.12. The Hall–Kier alpha value is -3.18. The van der Waals surface area contributed by atoms with Crippen LogP contribution in [0.4, 0.5) is 5.69 Å². The van der Waals surface area contributed by atoms with Gasteiger partial charge in [0, 0.05) is 16.3 Å². The number of carbonyl (C=O) groups excluding carboxylic acids is 1. The van der Waals surface area contributed by atoms with Crippen molar-refractivity contribution in [3.8, 4) is 5.69 Å². The lowest BCUT2D eigenvalue weighted by atomic mass is 10.0. The van der Waals surface area contributed by atoms with Crippen molar-refractivity contribution in [2.45, 2.75) is 33.6 Å². The van der Waals surface area contributed by atoms with Crippen molar-refractivity contribution in [2.75, 3.05) is 5.32 Å². The molecule has 0 radical (unpaired) electrons. The molecule has 0 aliphatic carbocycles. The van der Waals surface area contributed by atoms with Crippen LogP contribution in [0.1, 0.15) is 46.8 Å². The topological polar surface area (TPSA) is 59.8 Å². The van der Waals surface area contributed by atoms with Crippen LogP contribution in [0.2, 0.25) is 5.02 Å². The second-order valence-electron chi connectivity index (χ2n) is 7.81. The molecule has 4 rings (SSSR count). The molecular weight excluding hydrogens is 396 g/mol. The van der Waals surface area contributed by atoms with Gasteiger partial charge >= 0.3 is 0 Å². The van der Waals surface area contributed by atoms with Crippen molar-refractivity contribution < 1.29 is 4.79 Å². The van der Waals surface area contributed by atoms with Gasteiger partial charge in [-0.15, -0.1) is 10.2 Å². The number of rotatable bonds is 4. The number of aryl methyl sites for hydroxylation is 2. The summed E-state index contributed by atoms with van der Waals surface area (Å²) >= 11 is 6.16. The summed E-state index contributed by atoms with van der Waals surface area (Å²) in [6.07, 6.45) is 0. The average molecular weight is 419 g/mol. The molecule has 0 aliphatic heterocycles. The molecule has 1 amide bonds. The number of benzene rings is 3. The highest BCUT2D eigenvalue weighted by atomic mass is 35.5. The Bertz CT molecular complexity index is 1240. The third-order valence-corrected chi connectivity index (χ3v) is 5.61. The van der Waals surface area contributed by atoms with E-state index in [9.17, 15) is 4.79 Å². The number of hydrogen-bond acceptors (Lipinski definition) is 3. The summed E-state index contributed by atoms with van der Waals surface area (Å²) in [5.74, 6) is 0.261. The maximum absolute atomic E-state index is 12.7. The van der Waals surface area contributed by atoms with Gasteiger partial charge in [0.25, 0.3) is 5.91 Å². The van der Waals surface area contributed by atoms with E-state index >= 15 is 0 Å². The molecule has 6 heteroatoms. The van der Waals surface area contributed by atoms with Crippen molar-refractivity contribution in [2.24, 2.45) is 0 Å². The summed E-state index contributed by atoms with van der Waals surface area (Å²) < 4.78 is 0. The van der Waals surface area contributed by atoms with Gasteiger partial charge in [-0.1, -0.05) is 43.6 Å². The molecule has 1 heterocycles. The minimum absolute atomic E-state index is 0.212. The van der Waals surface area contributed by atoms with Crippen LogP contribution in [-0.2, 0) is 0 Å². The Balaban J connectivity index is 1.63. The van der Waals surface area contributed by atoms with E-state index in [0.29, 0.717) is 27.7 Å². The summed E-state index contributed by atoms with van der Waals surface area (Å²) in [5.41, 5.74) is 6.72. The zero-order valence-electron chi connectivity index (χ0n) is 17.4. The van der Waals surface area contributed by atoms with Gasteiger partial charge in [-0.25, -0.2) is 0 Å². The van der Waals surface area contributed by atoms with Crippen molar-refractivity contribution in [3.63, 3.8) is 0 Å². The maximum atomic E-state index is 12.7. The molecule has 152 valence electrons. The van der Waals surface area contributed by atoms with Gasteiger partial charge in [0.1, 0.15) is 11.0 Å². The zero-order valence-corrected chi connectivity index (χ0v) is 18.2. The van der Waals surface area contributed by atoms with Gasteiger partial charge in [-0.05, 0) is 72.9 Å². The number of anilines is 1. The Morgan fingerprint density at radius 2 is 1.60 bits per heavy atom. The Kier molecular flexibility index (Phi) is 5.31. The van der Waals surface area contributed by atoms with Crippen molar-refractivity contribution in [1.29, 1.82) is 0 Å². The fourth-order valence-electron chi connectivity index (χ4n) is 3.24. The van der Waals surface area contributed by atoms with E-state index in [0.717, 1.165) is 22.3 Å². The Morgan fingerprint density at radius 3 is 2.23 bits per heavy atom. The number of nitrogens with one attached hydrogen (secondary N) is 1. The van der Waals surface area contributed by atoms with E-state index in [1.807, 2.05) is 44.2 Å². The number of carbonyl (C=O) groups is 1. The lowest BCUT2D eigenvalue weighted by Gasteiger charge is -2.09. The molecule has 0 spiro atoms. The quantitative estimate of drug-likeness (QED) is 0.437. The monoisotopic (exact) mass is 418 g/mol. The SMILES string of the molecule is Cc1ccc(C(=O)Nc2cc3nn(-c4ccc(C(C)C)cc4)nc3cc2C)cc1Cl. The molecular formula is C24H23ClN4O. The first-order valence-corrected chi connectivity index (χ1v) is 10.2. The fourth-order valence-corrected chi connectivity index (χ4v) is 3.42. The molecule has 0 bridgehead atoms. The number of aromatic nitrogens is 3. The first-order valence-electron chi connectivity index (χ1n) is 9.87. The molecule has 0 saturated carbocycles. The normalized spacial score (nSPS) is 11.3. The van der Waals surface area contributed by atoms with Gasteiger partial charge < -0.3 is 5.32 Å². The smallest absolute Gasteiger partial charge is 0.255 e. The number of amides is 1. The van der Waals surface area contributed by atoms with E-state index < -0.39 is 0 Å². The second kappa shape index (κ2) is 7.92. The summed E-state index contributed by atoms with van der Waals surface area (Å²) in [6, 6.07) is 17.3. The molecule has 0 atom stereocenters. The van der Waals surface area contributed by atoms with Crippen LogP contribution in [0.25, 0.3) is 16.7 Å². The first-order chi connectivity index (χ1) is 14.3. The molecule has 0 unspecified atom stereocenters. The molecule has 3 aromatic carbocycles. The Labute approximate surface area is 180 Å². The van der Waals surface area contributed by atoms with E-state index in [4.69, 9.17) is 11.6 Å². The van der Waals surface area contributed by atoms with Crippen LogP contribution in [0.15, 0.2) is 54.6 Å². The maximum Gasteiger partial charge on any atom is 0.255 e. The third kappa shape index (κ3) is 3.94.